The van der Waals surface area contributed by atoms with Crippen molar-refractivity contribution in [1.29, 1.82) is 0 Å². The van der Waals surface area contributed by atoms with Crippen molar-refractivity contribution >= 4 is 8.03 Å². The van der Waals surface area contributed by atoms with Gasteiger partial charge in [-0.25, -0.2) is 0 Å². The van der Waals surface area contributed by atoms with E-state index in [2.05, 4.69) is 0 Å². The lowest BCUT2D eigenvalue weighted by Gasteiger charge is -2.08. The first-order valence-corrected chi connectivity index (χ1v) is 6.10. The number of aliphatic hydroxyl groups is 1. The van der Waals surface area contributed by atoms with E-state index in [0.29, 0.717) is 6.42 Å². The van der Waals surface area contributed by atoms with Crippen molar-refractivity contribution in [1.82, 2.24) is 0 Å². The lowest BCUT2D eigenvalue weighted by Crippen LogP contribution is -2.02. The second-order valence-corrected chi connectivity index (χ2v) is 4.05. The van der Waals surface area contributed by atoms with E-state index in [0.717, 1.165) is 5.56 Å². The van der Waals surface area contributed by atoms with Crippen molar-refractivity contribution in [3.8, 4) is 0 Å². The summed E-state index contributed by atoms with van der Waals surface area (Å²) in [6.07, 6.45) is 0.202. The average Bonchev–Trinajstić information content (AvgIpc) is 2.18. The van der Waals surface area contributed by atoms with Crippen molar-refractivity contribution in [2.45, 2.75) is 12.5 Å². The van der Waals surface area contributed by atoms with Crippen molar-refractivity contribution in [3.63, 3.8) is 0 Å². The van der Waals surface area contributed by atoms with E-state index in [1.165, 1.54) is 6.66 Å². The maximum Gasteiger partial charge on any atom is 0.505 e. The third kappa shape index (κ3) is 3.54. The van der Waals surface area contributed by atoms with Crippen LogP contribution in [0.25, 0.3) is 0 Å². The molecule has 0 fully saturated rings. The molecule has 1 rings (SSSR count). The van der Waals surface area contributed by atoms with Gasteiger partial charge in [0.15, 0.2) is 6.66 Å². The summed E-state index contributed by atoms with van der Waals surface area (Å²) in [6.45, 7) is 1.55. The molecule has 1 unspecified atom stereocenters. The minimum atomic E-state index is -1.64. The Morgan fingerprint density at radius 3 is 2.57 bits per heavy atom. The van der Waals surface area contributed by atoms with Crippen LogP contribution in [-0.4, -0.2) is 18.4 Å². The van der Waals surface area contributed by atoms with Crippen LogP contribution in [0, 0.1) is 0 Å². The molecule has 0 aromatic heterocycles. The second-order valence-electron chi connectivity index (χ2n) is 2.96. The smallest absolute Gasteiger partial charge is 0.396 e. The number of benzene rings is 1. The zero-order chi connectivity index (χ0) is 10.4. The van der Waals surface area contributed by atoms with Gasteiger partial charge in [-0.3, -0.25) is 0 Å². The molecule has 0 aliphatic heterocycles. The molecule has 0 aliphatic carbocycles. The maximum atomic E-state index is 10.9. The van der Waals surface area contributed by atoms with Crippen molar-refractivity contribution in [2.75, 3.05) is 13.3 Å². The van der Waals surface area contributed by atoms with Gasteiger partial charge in [0.25, 0.3) is 0 Å². The fourth-order valence-electron chi connectivity index (χ4n) is 1.24. The van der Waals surface area contributed by atoms with E-state index in [1.54, 1.807) is 0 Å². The summed E-state index contributed by atoms with van der Waals surface area (Å²) in [5, 5.41) is 8.84. The molecule has 1 N–H and O–H groups in total. The lowest BCUT2D eigenvalue weighted by molar-refractivity contribution is 0.166. The van der Waals surface area contributed by atoms with Crippen molar-refractivity contribution in [3.05, 3.63) is 35.9 Å². The van der Waals surface area contributed by atoms with E-state index in [-0.39, 0.29) is 12.7 Å². The summed E-state index contributed by atoms with van der Waals surface area (Å²) >= 11 is 0. The Labute approximate surface area is 84.6 Å². The van der Waals surface area contributed by atoms with E-state index >= 15 is 0 Å². The van der Waals surface area contributed by atoms with E-state index in [1.807, 2.05) is 30.3 Å². The standard InChI is InChI=1S/C10H14O3P/c1-14(12)13-10(7-8-11)9-5-3-2-4-6-9/h2-6,10-11H,7-8H2,1H3/q+1/t10-/m0/s1. The summed E-state index contributed by atoms with van der Waals surface area (Å²) in [6, 6.07) is 9.50. The third-order valence-corrected chi connectivity index (χ3v) is 2.39. The zero-order valence-electron chi connectivity index (χ0n) is 8.09. The summed E-state index contributed by atoms with van der Waals surface area (Å²) in [7, 11) is -1.64. The molecular weight excluding hydrogens is 199 g/mol. The van der Waals surface area contributed by atoms with Gasteiger partial charge in [-0.05, 0) is 10.1 Å². The predicted molar refractivity (Wildman–Crippen MR) is 55.5 cm³/mol. The van der Waals surface area contributed by atoms with E-state index in [4.69, 9.17) is 9.63 Å². The Morgan fingerprint density at radius 1 is 1.43 bits per heavy atom. The second kappa shape index (κ2) is 5.86. The largest absolute Gasteiger partial charge is 0.505 e. The maximum absolute atomic E-state index is 10.9. The summed E-state index contributed by atoms with van der Waals surface area (Å²) in [5.41, 5.74) is 0.951. The quantitative estimate of drug-likeness (QED) is 0.764. The van der Waals surface area contributed by atoms with Crippen LogP contribution in [-0.2, 0) is 9.09 Å². The van der Waals surface area contributed by atoms with Gasteiger partial charge < -0.3 is 5.11 Å². The van der Waals surface area contributed by atoms with Gasteiger partial charge in [-0.1, -0.05) is 30.3 Å². The molecule has 0 aliphatic rings. The summed E-state index contributed by atoms with van der Waals surface area (Å²) in [4.78, 5) is 0. The van der Waals surface area contributed by atoms with Crippen LogP contribution in [0.1, 0.15) is 18.1 Å². The summed E-state index contributed by atoms with van der Waals surface area (Å²) in [5.74, 6) is 0. The van der Waals surface area contributed by atoms with Crippen LogP contribution >= 0.6 is 8.03 Å². The molecule has 1 aromatic carbocycles. The minimum absolute atomic E-state index is 0.0305. The molecule has 0 amide bonds. The molecule has 14 heavy (non-hydrogen) atoms. The molecule has 0 saturated carbocycles. The van der Waals surface area contributed by atoms with Crippen molar-refractivity contribution < 1.29 is 14.2 Å². The molecule has 1 aromatic rings. The Hall–Kier alpha value is -0.760. The zero-order valence-corrected chi connectivity index (χ0v) is 8.98. The Kier molecular flexibility index (Phi) is 4.74. The monoisotopic (exact) mass is 213 g/mol. The minimum Gasteiger partial charge on any atom is -0.396 e. The first-order valence-electron chi connectivity index (χ1n) is 4.47. The molecular formula is C10H14O3P+. The molecule has 4 heteroatoms. The first-order chi connectivity index (χ1) is 6.74. The van der Waals surface area contributed by atoms with Gasteiger partial charge in [0.2, 0.25) is 0 Å². The molecule has 0 bridgehead atoms. The number of rotatable bonds is 5. The van der Waals surface area contributed by atoms with Gasteiger partial charge >= 0.3 is 8.03 Å². The van der Waals surface area contributed by atoms with Crippen LogP contribution in [0.5, 0.6) is 0 Å². The number of hydrogen-bond donors (Lipinski definition) is 1. The van der Waals surface area contributed by atoms with Gasteiger partial charge in [-0.2, -0.15) is 0 Å². The van der Waals surface area contributed by atoms with Gasteiger partial charge in [0.1, 0.15) is 6.10 Å². The topological polar surface area (TPSA) is 46.5 Å². The van der Waals surface area contributed by atoms with Crippen LogP contribution in [0.15, 0.2) is 30.3 Å². The average molecular weight is 213 g/mol. The number of aliphatic hydroxyl groups excluding tert-OH is 1. The predicted octanol–water partition coefficient (Wildman–Crippen LogP) is 2.50. The molecule has 2 atom stereocenters. The highest BCUT2D eigenvalue weighted by Crippen LogP contribution is 2.31. The summed E-state index contributed by atoms with van der Waals surface area (Å²) < 4.78 is 16.2. The Bertz CT molecular complexity index is 287. The van der Waals surface area contributed by atoms with Crippen LogP contribution < -0.4 is 0 Å². The fourth-order valence-corrected chi connectivity index (χ4v) is 1.83. The third-order valence-electron chi connectivity index (χ3n) is 1.84. The highest BCUT2D eigenvalue weighted by molar-refractivity contribution is 7.38. The van der Waals surface area contributed by atoms with Crippen molar-refractivity contribution in [2.24, 2.45) is 0 Å². The van der Waals surface area contributed by atoms with Gasteiger partial charge in [0.05, 0.1) is 0 Å². The normalized spacial score (nSPS) is 13.7. The number of hydrogen-bond acceptors (Lipinski definition) is 3. The van der Waals surface area contributed by atoms with Gasteiger partial charge in [-0.15, -0.1) is 4.52 Å². The highest BCUT2D eigenvalue weighted by atomic mass is 31.1. The molecule has 76 valence electrons. The molecule has 0 spiro atoms. The lowest BCUT2D eigenvalue weighted by atomic mass is 10.1. The van der Waals surface area contributed by atoms with Crippen LogP contribution in [0.4, 0.5) is 0 Å². The van der Waals surface area contributed by atoms with Crippen LogP contribution in [0.3, 0.4) is 0 Å². The Morgan fingerprint density at radius 2 is 2.07 bits per heavy atom. The highest BCUT2D eigenvalue weighted by Gasteiger charge is 2.20. The van der Waals surface area contributed by atoms with E-state index < -0.39 is 8.03 Å². The van der Waals surface area contributed by atoms with Crippen LogP contribution in [0.2, 0.25) is 0 Å². The first kappa shape index (κ1) is 11.3. The fraction of sp³-hybridized carbons (Fsp3) is 0.400. The molecule has 0 radical (unpaired) electrons. The Balaban J connectivity index is 2.72. The molecule has 0 saturated heterocycles. The molecule has 0 heterocycles. The molecule has 3 nitrogen and oxygen atoms in total. The van der Waals surface area contributed by atoms with Gasteiger partial charge in [0, 0.05) is 13.0 Å². The SMILES string of the molecule is C[P+](=O)O[C@@H](CCO)c1ccccc1. The van der Waals surface area contributed by atoms with E-state index in [9.17, 15) is 4.57 Å².